The molecule has 0 rings (SSSR count). The average molecular weight is 201 g/mol. The van der Waals surface area contributed by atoms with E-state index in [4.69, 9.17) is 0 Å². The SMILES string of the molecule is CNCCCNCCCCNC(C)C. The third-order valence-electron chi connectivity index (χ3n) is 2.11. The van der Waals surface area contributed by atoms with Gasteiger partial charge in [0, 0.05) is 6.04 Å². The van der Waals surface area contributed by atoms with E-state index < -0.39 is 0 Å². The van der Waals surface area contributed by atoms with Crippen LogP contribution in [0.5, 0.6) is 0 Å². The maximum atomic E-state index is 3.44. The third-order valence-corrected chi connectivity index (χ3v) is 2.11. The van der Waals surface area contributed by atoms with E-state index in [1.807, 2.05) is 7.05 Å². The Bertz CT molecular complexity index is 105. The van der Waals surface area contributed by atoms with Gasteiger partial charge in [-0.2, -0.15) is 0 Å². The second-order valence-corrected chi connectivity index (χ2v) is 4.02. The Morgan fingerprint density at radius 1 is 0.857 bits per heavy atom. The summed E-state index contributed by atoms with van der Waals surface area (Å²) < 4.78 is 0. The molecule has 86 valence electrons. The highest BCUT2D eigenvalue weighted by atomic mass is 14.9. The summed E-state index contributed by atoms with van der Waals surface area (Å²) in [5.41, 5.74) is 0. The molecule has 0 aromatic rings. The summed E-state index contributed by atoms with van der Waals surface area (Å²) in [4.78, 5) is 0. The van der Waals surface area contributed by atoms with E-state index in [1.165, 1.54) is 19.3 Å². The molecule has 3 heteroatoms. The summed E-state index contributed by atoms with van der Waals surface area (Å²) in [5, 5.41) is 10.0. The lowest BCUT2D eigenvalue weighted by Gasteiger charge is -2.08. The third kappa shape index (κ3) is 11.9. The van der Waals surface area contributed by atoms with E-state index in [0.717, 1.165) is 26.2 Å². The number of rotatable bonds is 10. The molecule has 0 amide bonds. The fourth-order valence-corrected chi connectivity index (χ4v) is 1.28. The predicted octanol–water partition coefficient (Wildman–Crippen LogP) is 0.964. The van der Waals surface area contributed by atoms with Gasteiger partial charge in [0.05, 0.1) is 0 Å². The predicted molar refractivity (Wildman–Crippen MR) is 63.8 cm³/mol. The molecular formula is C11H27N3. The van der Waals surface area contributed by atoms with Crippen LogP contribution in [-0.2, 0) is 0 Å². The highest BCUT2D eigenvalue weighted by Crippen LogP contribution is 1.86. The van der Waals surface area contributed by atoms with Gasteiger partial charge in [0.2, 0.25) is 0 Å². The van der Waals surface area contributed by atoms with Crippen LogP contribution in [0.2, 0.25) is 0 Å². The summed E-state index contributed by atoms with van der Waals surface area (Å²) in [7, 11) is 2.00. The maximum absolute atomic E-state index is 3.44. The molecule has 0 bridgehead atoms. The smallest absolute Gasteiger partial charge is 0.00103 e. The van der Waals surface area contributed by atoms with Crippen molar-refractivity contribution in [2.75, 3.05) is 33.2 Å². The fourth-order valence-electron chi connectivity index (χ4n) is 1.28. The molecule has 0 heterocycles. The molecule has 0 aliphatic carbocycles. The fraction of sp³-hybridized carbons (Fsp3) is 1.00. The van der Waals surface area contributed by atoms with Crippen molar-refractivity contribution >= 4 is 0 Å². The molecule has 0 aliphatic heterocycles. The number of nitrogens with one attached hydrogen (secondary N) is 3. The standard InChI is InChI=1S/C11H27N3/c1-11(2)14-10-5-4-8-13-9-6-7-12-3/h11-14H,4-10H2,1-3H3. The van der Waals surface area contributed by atoms with Crippen LogP contribution in [0.3, 0.4) is 0 Å². The van der Waals surface area contributed by atoms with Gasteiger partial charge in [0.15, 0.2) is 0 Å². The summed E-state index contributed by atoms with van der Waals surface area (Å²) >= 11 is 0. The molecule has 0 saturated heterocycles. The zero-order valence-electron chi connectivity index (χ0n) is 10.0. The molecule has 0 aliphatic rings. The molecule has 0 saturated carbocycles. The Kier molecular flexibility index (Phi) is 10.9. The Labute approximate surface area is 89.0 Å². The van der Waals surface area contributed by atoms with Crippen LogP contribution >= 0.6 is 0 Å². The van der Waals surface area contributed by atoms with E-state index in [9.17, 15) is 0 Å². The van der Waals surface area contributed by atoms with Gasteiger partial charge in [-0.1, -0.05) is 13.8 Å². The van der Waals surface area contributed by atoms with E-state index in [2.05, 4.69) is 29.8 Å². The first-order valence-corrected chi connectivity index (χ1v) is 5.86. The molecular weight excluding hydrogens is 174 g/mol. The molecule has 0 unspecified atom stereocenters. The van der Waals surface area contributed by atoms with Crippen LogP contribution in [0.4, 0.5) is 0 Å². The van der Waals surface area contributed by atoms with Crippen molar-refractivity contribution in [3.63, 3.8) is 0 Å². The Hall–Kier alpha value is -0.120. The minimum absolute atomic E-state index is 0.624. The van der Waals surface area contributed by atoms with Gasteiger partial charge >= 0.3 is 0 Å². The number of hydrogen-bond acceptors (Lipinski definition) is 3. The first-order chi connectivity index (χ1) is 6.77. The minimum atomic E-state index is 0.624. The number of unbranched alkanes of at least 4 members (excludes halogenated alkanes) is 1. The second-order valence-electron chi connectivity index (χ2n) is 4.02. The first kappa shape index (κ1) is 13.9. The Morgan fingerprint density at radius 3 is 2.14 bits per heavy atom. The molecule has 0 spiro atoms. The van der Waals surface area contributed by atoms with Gasteiger partial charge in [-0.15, -0.1) is 0 Å². The largest absolute Gasteiger partial charge is 0.320 e. The zero-order valence-corrected chi connectivity index (χ0v) is 10.0. The van der Waals surface area contributed by atoms with Crippen molar-refractivity contribution in [3.05, 3.63) is 0 Å². The molecule has 0 aromatic carbocycles. The Balaban J connectivity index is 2.85. The van der Waals surface area contributed by atoms with E-state index in [-0.39, 0.29) is 0 Å². The summed E-state index contributed by atoms with van der Waals surface area (Å²) in [6, 6.07) is 0.624. The van der Waals surface area contributed by atoms with Crippen molar-refractivity contribution in [2.45, 2.75) is 39.2 Å². The summed E-state index contributed by atoms with van der Waals surface area (Å²) in [6.07, 6.45) is 3.78. The molecule has 0 radical (unpaired) electrons. The Morgan fingerprint density at radius 2 is 1.50 bits per heavy atom. The van der Waals surface area contributed by atoms with Gasteiger partial charge in [-0.3, -0.25) is 0 Å². The van der Waals surface area contributed by atoms with Crippen molar-refractivity contribution < 1.29 is 0 Å². The van der Waals surface area contributed by atoms with E-state index in [0.29, 0.717) is 6.04 Å². The van der Waals surface area contributed by atoms with Gasteiger partial charge in [0.25, 0.3) is 0 Å². The van der Waals surface area contributed by atoms with Gasteiger partial charge in [-0.05, 0) is 52.5 Å². The van der Waals surface area contributed by atoms with Crippen LogP contribution in [0.1, 0.15) is 33.1 Å². The minimum Gasteiger partial charge on any atom is -0.320 e. The van der Waals surface area contributed by atoms with Crippen molar-refractivity contribution in [1.82, 2.24) is 16.0 Å². The molecule has 0 aromatic heterocycles. The molecule has 0 atom stereocenters. The van der Waals surface area contributed by atoms with E-state index in [1.54, 1.807) is 0 Å². The van der Waals surface area contributed by atoms with Gasteiger partial charge < -0.3 is 16.0 Å². The molecule has 14 heavy (non-hydrogen) atoms. The number of hydrogen-bond donors (Lipinski definition) is 3. The lowest BCUT2D eigenvalue weighted by molar-refractivity contribution is 0.536. The first-order valence-electron chi connectivity index (χ1n) is 5.86. The zero-order chi connectivity index (χ0) is 10.6. The highest BCUT2D eigenvalue weighted by molar-refractivity contribution is 4.55. The van der Waals surface area contributed by atoms with Crippen LogP contribution < -0.4 is 16.0 Å². The molecule has 3 nitrogen and oxygen atoms in total. The van der Waals surface area contributed by atoms with Gasteiger partial charge in [0.1, 0.15) is 0 Å². The quantitative estimate of drug-likeness (QED) is 0.461. The van der Waals surface area contributed by atoms with Crippen molar-refractivity contribution in [1.29, 1.82) is 0 Å². The monoisotopic (exact) mass is 201 g/mol. The van der Waals surface area contributed by atoms with Crippen molar-refractivity contribution in [3.8, 4) is 0 Å². The van der Waals surface area contributed by atoms with Crippen LogP contribution in [0.15, 0.2) is 0 Å². The van der Waals surface area contributed by atoms with Crippen LogP contribution in [-0.4, -0.2) is 39.3 Å². The van der Waals surface area contributed by atoms with Gasteiger partial charge in [-0.25, -0.2) is 0 Å². The lowest BCUT2D eigenvalue weighted by atomic mass is 10.3. The topological polar surface area (TPSA) is 36.1 Å². The van der Waals surface area contributed by atoms with E-state index >= 15 is 0 Å². The van der Waals surface area contributed by atoms with Crippen LogP contribution in [0.25, 0.3) is 0 Å². The highest BCUT2D eigenvalue weighted by Gasteiger charge is 1.92. The maximum Gasteiger partial charge on any atom is 0.00103 e. The van der Waals surface area contributed by atoms with Crippen molar-refractivity contribution in [2.24, 2.45) is 0 Å². The van der Waals surface area contributed by atoms with Crippen LogP contribution in [0, 0.1) is 0 Å². The lowest BCUT2D eigenvalue weighted by Crippen LogP contribution is -2.25. The second kappa shape index (κ2) is 11.0. The summed E-state index contributed by atoms with van der Waals surface area (Å²) in [5.74, 6) is 0. The summed E-state index contributed by atoms with van der Waals surface area (Å²) in [6.45, 7) is 8.94. The molecule has 3 N–H and O–H groups in total. The normalized spacial score (nSPS) is 11.1. The average Bonchev–Trinajstić information content (AvgIpc) is 2.15. The molecule has 0 fully saturated rings.